The highest BCUT2D eigenvalue weighted by Gasteiger charge is 2.78. The van der Waals surface area contributed by atoms with Gasteiger partial charge in [-0.25, -0.2) is 4.89 Å². The first-order valence-electron chi connectivity index (χ1n) is 13.6. The van der Waals surface area contributed by atoms with E-state index in [0.29, 0.717) is 24.4 Å². The maximum absolute atomic E-state index is 6.80. The molecule has 5 aliphatic rings. The third-order valence-corrected chi connectivity index (χ3v) is 9.74. The molecule has 4 saturated carbocycles. The molecule has 7 nitrogen and oxygen atoms in total. The van der Waals surface area contributed by atoms with Gasteiger partial charge >= 0.3 is 0 Å². The van der Waals surface area contributed by atoms with Crippen molar-refractivity contribution in [2.75, 3.05) is 53.8 Å². The summed E-state index contributed by atoms with van der Waals surface area (Å²) in [6, 6.07) is 8.01. The van der Waals surface area contributed by atoms with Crippen LogP contribution in [-0.2, 0) is 29.8 Å². The Balaban J connectivity index is 0.00000304. The highest BCUT2D eigenvalue weighted by atomic mass is 79.9. The second-order valence-electron chi connectivity index (χ2n) is 11.4. The molecule has 4 aliphatic carbocycles. The summed E-state index contributed by atoms with van der Waals surface area (Å²) >= 11 is 0. The fourth-order valence-corrected chi connectivity index (χ4v) is 7.55. The van der Waals surface area contributed by atoms with Gasteiger partial charge in [0.25, 0.3) is 5.79 Å². The second kappa shape index (κ2) is 10.8. The highest BCUT2D eigenvalue weighted by Crippen LogP contribution is 2.70. The lowest BCUT2D eigenvalue weighted by molar-refractivity contribution is -0.906. The van der Waals surface area contributed by atoms with Crippen molar-refractivity contribution in [1.29, 1.82) is 0 Å². The molecule has 0 N–H and O–H groups in total. The van der Waals surface area contributed by atoms with Gasteiger partial charge in [0.15, 0.2) is 12.4 Å². The monoisotopic (exact) mass is 569 g/mol. The Labute approximate surface area is 227 Å². The molecule has 1 spiro atoms. The van der Waals surface area contributed by atoms with Crippen LogP contribution in [0.5, 0.6) is 5.75 Å². The van der Waals surface area contributed by atoms with Gasteiger partial charge < -0.3 is 40.4 Å². The Morgan fingerprint density at radius 2 is 1.75 bits per heavy atom. The zero-order valence-electron chi connectivity index (χ0n) is 22.6. The van der Waals surface area contributed by atoms with Gasteiger partial charge in [-0.15, -0.1) is 0 Å². The number of hydrogen-bond acceptors (Lipinski definition) is 6. The Bertz CT molecular complexity index is 875. The maximum Gasteiger partial charge on any atom is 0.260 e. The quantitative estimate of drug-likeness (QED) is 0.165. The molecule has 1 aromatic carbocycles. The number of quaternary nitrogens is 1. The van der Waals surface area contributed by atoms with Crippen LogP contribution >= 0.6 is 0 Å². The molecular weight excluding hydrogens is 526 g/mol. The molecule has 0 amide bonds. The minimum atomic E-state index is -0.929. The molecule has 3 atom stereocenters. The van der Waals surface area contributed by atoms with Crippen LogP contribution < -0.4 is 21.7 Å². The summed E-state index contributed by atoms with van der Waals surface area (Å²) in [5, 5.41) is 0. The summed E-state index contributed by atoms with van der Waals surface area (Å²) in [6.07, 6.45) is 5.50. The molecule has 1 heterocycles. The average Bonchev–Trinajstić information content (AvgIpc) is 2.84. The minimum Gasteiger partial charge on any atom is -1.00 e. The first-order valence-corrected chi connectivity index (χ1v) is 13.6. The summed E-state index contributed by atoms with van der Waals surface area (Å²) < 4.78 is 25.3. The molecule has 0 radical (unpaired) electrons. The van der Waals surface area contributed by atoms with Crippen LogP contribution in [0.1, 0.15) is 58.4 Å². The molecule has 1 aromatic rings. The maximum atomic E-state index is 6.80. The summed E-state index contributed by atoms with van der Waals surface area (Å²) in [6.45, 7) is 11.5. The fraction of sp³-hybridized carbons (Fsp3) is 0.786. The third-order valence-electron chi connectivity index (χ3n) is 9.74. The van der Waals surface area contributed by atoms with Gasteiger partial charge in [0.2, 0.25) is 0 Å². The Morgan fingerprint density at radius 1 is 1.03 bits per heavy atom. The summed E-state index contributed by atoms with van der Waals surface area (Å²) in [4.78, 5) is 12.1. The first kappa shape index (κ1) is 28.3. The number of ether oxygens (including phenoxy) is 4. The standard InChI is InChI=1S/C28H44NO6.BrH/c1-6-29(4,7-2)12-13-33-26-17-21-14-23(18-26)27(24(15-21)19-26)28(30-5,35-34-27)22-10-9-11-25(16-22)32-20-31-8-3;/h9-11,16,21,23-24H,6-8,12-15,17-20H2,1-5H3;1H/q+1;/p-1. The van der Waals surface area contributed by atoms with Gasteiger partial charge in [0.1, 0.15) is 12.3 Å². The van der Waals surface area contributed by atoms with E-state index in [9.17, 15) is 0 Å². The Kier molecular flexibility index (Phi) is 8.48. The van der Waals surface area contributed by atoms with Crippen molar-refractivity contribution < 1.29 is 50.2 Å². The Hall–Kier alpha value is -0.740. The lowest BCUT2D eigenvalue weighted by Crippen LogP contribution is -3.00. The second-order valence-corrected chi connectivity index (χ2v) is 11.4. The van der Waals surface area contributed by atoms with Crippen LogP contribution in [0.25, 0.3) is 0 Å². The smallest absolute Gasteiger partial charge is 0.260 e. The molecule has 5 fully saturated rings. The number of methoxy groups -OCH3 is 1. The zero-order valence-corrected chi connectivity index (χ0v) is 24.2. The van der Waals surface area contributed by atoms with E-state index in [2.05, 4.69) is 27.0 Å². The van der Waals surface area contributed by atoms with Crippen molar-refractivity contribution in [3.63, 3.8) is 0 Å². The van der Waals surface area contributed by atoms with Gasteiger partial charge in [0, 0.05) is 31.1 Å². The van der Waals surface area contributed by atoms with Gasteiger partial charge in [-0.2, -0.15) is 4.89 Å². The number of rotatable bonds is 12. The van der Waals surface area contributed by atoms with Crippen LogP contribution in [0.2, 0.25) is 0 Å². The van der Waals surface area contributed by atoms with Crippen LogP contribution in [-0.4, -0.2) is 69.5 Å². The summed E-state index contributed by atoms with van der Waals surface area (Å²) in [7, 11) is 4.07. The van der Waals surface area contributed by atoms with Crippen LogP contribution in [0, 0.1) is 17.8 Å². The SMILES string of the molecule is CCOCOc1cccc(C2(OC)OOC23C2CC4CC3CC(OCC[N+](C)(CC)CC)(C4)C2)c1.[Br-]. The van der Waals surface area contributed by atoms with E-state index in [1.165, 1.54) is 6.42 Å². The predicted molar refractivity (Wildman–Crippen MR) is 132 cm³/mol. The van der Waals surface area contributed by atoms with Crippen LogP contribution in [0.15, 0.2) is 24.3 Å². The average molecular weight is 571 g/mol. The first-order chi connectivity index (χ1) is 16.9. The summed E-state index contributed by atoms with van der Waals surface area (Å²) in [5.41, 5.74) is 0.429. The molecule has 6 rings (SSSR count). The van der Waals surface area contributed by atoms with Crippen LogP contribution in [0.4, 0.5) is 0 Å². The molecule has 0 aromatic heterocycles. The van der Waals surface area contributed by atoms with Crippen molar-refractivity contribution in [3.8, 4) is 5.75 Å². The zero-order chi connectivity index (χ0) is 24.7. The fourth-order valence-electron chi connectivity index (χ4n) is 7.55. The van der Waals surface area contributed by atoms with E-state index in [1.54, 1.807) is 7.11 Å². The lowest BCUT2D eigenvalue weighted by atomic mass is 9.45. The number of nitrogens with zero attached hydrogens (tertiary/aromatic N) is 1. The lowest BCUT2D eigenvalue weighted by Gasteiger charge is -2.70. The molecule has 4 bridgehead atoms. The highest BCUT2D eigenvalue weighted by molar-refractivity contribution is 5.36. The molecule has 8 heteroatoms. The molecule has 1 saturated heterocycles. The number of hydrogen-bond donors (Lipinski definition) is 0. The molecule has 1 aliphatic heterocycles. The topological polar surface area (TPSA) is 55.4 Å². The van der Waals surface area contributed by atoms with Gasteiger partial charge in [-0.05, 0) is 70.9 Å². The van der Waals surface area contributed by atoms with E-state index in [4.69, 9.17) is 28.7 Å². The molecular formula is C28H44BrNO6. The van der Waals surface area contributed by atoms with E-state index in [-0.39, 0.29) is 29.4 Å². The van der Waals surface area contributed by atoms with Gasteiger partial charge in [-0.3, -0.25) is 0 Å². The predicted octanol–water partition coefficient (Wildman–Crippen LogP) is 1.64. The molecule has 3 unspecified atom stereocenters. The van der Waals surface area contributed by atoms with E-state index in [0.717, 1.165) is 67.7 Å². The van der Waals surface area contributed by atoms with Crippen molar-refractivity contribution in [3.05, 3.63) is 29.8 Å². The largest absolute Gasteiger partial charge is 1.00 e. The van der Waals surface area contributed by atoms with E-state index < -0.39 is 11.4 Å². The third kappa shape index (κ3) is 4.44. The van der Waals surface area contributed by atoms with Crippen molar-refractivity contribution in [1.82, 2.24) is 0 Å². The van der Waals surface area contributed by atoms with Crippen molar-refractivity contribution >= 4 is 0 Å². The number of halogens is 1. The van der Waals surface area contributed by atoms with Crippen LogP contribution in [0.3, 0.4) is 0 Å². The van der Waals surface area contributed by atoms with Gasteiger partial charge in [-0.1, -0.05) is 12.1 Å². The van der Waals surface area contributed by atoms with Crippen molar-refractivity contribution in [2.24, 2.45) is 17.8 Å². The van der Waals surface area contributed by atoms with E-state index in [1.807, 2.05) is 25.1 Å². The van der Waals surface area contributed by atoms with Crippen molar-refractivity contribution in [2.45, 2.75) is 69.9 Å². The minimum absolute atomic E-state index is 0. The summed E-state index contributed by atoms with van der Waals surface area (Å²) in [5.74, 6) is 1.19. The van der Waals surface area contributed by atoms with E-state index >= 15 is 0 Å². The number of benzene rings is 1. The molecule has 36 heavy (non-hydrogen) atoms. The normalized spacial score (nSPS) is 36.5. The molecule has 204 valence electrons. The Morgan fingerprint density at radius 3 is 2.33 bits per heavy atom. The number of likely N-dealkylation sites (N-methyl/N-ethyl adjacent to an activating group) is 1. The van der Waals surface area contributed by atoms with Gasteiger partial charge in [0.05, 0.1) is 32.3 Å².